The van der Waals surface area contributed by atoms with Crippen molar-refractivity contribution < 1.29 is 19.4 Å². The molecule has 7 heteroatoms. The van der Waals surface area contributed by atoms with Crippen molar-refractivity contribution in [2.45, 2.75) is 45.3 Å². The van der Waals surface area contributed by atoms with Gasteiger partial charge in [0, 0.05) is 17.5 Å². The molecule has 1 aromatic heterocycles. The average Bonchev–Trinajstić information content (AvgIpc) is 3.11. The van der Waals surface area contributed by atoms with Crippen LogP contribution in [0.25, 0.3) is 10.6 Å². The lowest BCUT2D eigenvalue weighted by Crippen LogP contribution is -2.48. The van der Waals surface area contributed by atoms with Crippen LogP contribution in [0.15, 0.2) is 29.6 Å². The number of carbonyl (C=O) groups excluding carboxylic acids is 1. The zero-order chi connectivity index (χ0) is 18.7. The molecular formula is C19H22N2O4S. The number of benzene rings is 1. The number of hydrogen-bond acceptors (Lipinski definition) is 5. The fraction of sp³-hybridized carbons (Fsp3) is 0.421. The van der Waals surface area contributed by atoms with E-state index in [4.69, 9.17) is 4.74 Å². The monoisotopic (exact) mass is 374 g/mol. The number of thiazole rings is 1. The number of piperidine rings is 1. The minimum Gasteiger partial charge on any atom is -0.491 e. The second kappa shape index (κ2) is 7.86. The van der Waals surface area contributed by atoms with Crippen LogP contribution in [0.2, 0.25) is 0 Å². The van der Waals surface area contributed by atoms with Crippen LogP contribution in [-0.2, 0) is 4.79 Å². The van der Waals surface area contributed by atoms with Gasteiger partial charge >= 0.3 is 5.97 Å². The normalized spacial score (nSPS) is 17.3. The lowest BCUT2D eigenvalue weighted by molar-refractivity contribution is -0.143. The molecule has 1 N–H and O–H groups in total. The Kier molecular flexibility index (Phi) is 5.56. The van der Waals surface area contributed by atoms with E-state index >= 15 is 0 Å². The molecule has 26 heavy (non-hydrogen) atoms. The van der Waals surface area contributed by atoms with Crippen LogP contribution in [0.3, 0.4) is 0 Å². The van der Waals surface area contributed by atoms with Crippen molar-refractivity contribution in [2.24, 2.45) is 0 Å². The van der Waals surface area contributed by atoms with Gasteiger partial charge in [-0.2, -0.15) is 0 Å². The van der Waals surface area contributed by atoms with Gasteiger partial charge in [-0.25, -0.2) is 9.78 Å². The van der Waals surface area contributed by atoms with Gasteiger partial charge in [-0.05, 0) is 57.4 Å². The number of rotatable bonds is 5. The van der Waals surface area contributed by atoms with Gasteiger partial charge < -0.3 is 14.7 Å². The quantitative estimate of drug-likeness (QED) is 0.864. The third-order valence-corrected chi connectivity index (χ3v) is 5.14. The molecule has 138 valence electrons. The number of aromatic nitrogens is 1. The van der Waals surface area contributed by atoms with Gasteiger partial charge in [0.05, 0.1) is 6.10 Å². The van der Waals surface area contributed by atoms with Crippen LogP contribution < -0.4 is 4.74 Å². The van der Waals surface area contributed by atoms with Gasteiger partial charge in [-0.15, -0.1) is 11.3 Å². The van der Waals surface area contributed by atoms with E-state index in [-0.39, 0.29) is 12.0 Å². The average molecular weight is 374 g/mol. The zero-order valence-electron chi connectivity index (χ0n) is 14.8. The van der Waals surface area contributed by atoms with Crippen LogP contribution in [0.4, 0.5) is 0 Å². The Bertz CT molecular complexity index is 785. The van der Waals surface area contributed by atoms with E-state index in [2.05, 4.69) is 4.98 Å². The largest absolute Gasteiger partial charge is 0.491 e. The van der Waals surface area contributed by atoms with Crippen molar-refractivity contribution in [2.75, 3.05) is 6.54 Å². The summed E-state index contributed by atoms with van der Waals surface area (Å²) < 4.78 is 5.63. The number of carbonyl (C=O) groups is 2. The topological polar surface area (TPSA) is 79.7 Å². The third kappa shape index (κ3) is 4.04. The molecule has 1 aromatic carbocycles. The molecule has 0 bridgehead atoms. The molecule has 1 fully saturated rings. The molecule has 6 nitrogen and oxygen atoms in total. The summed E-state index contributed by atoms with van der Waals surface area (Å²) in [6.45, 7) is 4.40. The highest BCUT2D eigenvalue weighted by Crippen LogP contribution is 2.27. The van der Waals surface area contributed by atoms with Gasteiger partial charge in [-0.1, -0.05) is 0 Å². The van der Waals surface area contributed by atoms with Crippen molar-refractivity contribution in [3.63, 3.8) is 0 Å². The Balaban J connectivity index is 1.76. The van der Waals surface area contributed by atoms with Gasteiger partial charge in [0.2, 0.25) is 0 Å². The molecule has 1 aliphatic heterocycles. The minimum absolute atomic E-state index is 0.108. The molecule has 0 saturated carbocycles. The number of likely N-dealkylation sites (tertiary alicyclic amines) is 1. The molecular weight excluding hydrogens is 352 g/mol. The fourth-order valence-electron chi connectivity index (χ4n) is 3.03. The van der Waals surface area contributed by atoms with Gasteiger partial charge in [0.15, 0.2) is 0 Å². The highest BCUT2D eigenvalue weighted by molar-refractivity contribution is 7.13. The molecule has 1 amide bonds. The Morgan fingerprint density at radius 2 is 2.00 bits per heavy atom. The third-order valence-electron chi connectivity index (χ3n) is 4.25. The fourth-order valence-corrected chi connectivity index (χ4v) is 3.83. The second-order valence-corrected chi connectivity index (χ2v) is 7.44. The first-order valence-corrected chi connectivity index (χ1v) is 9.60. The predicted molar refractivity (Wildman–Crippen MR) is 99.6 cm³/mol. The molecule has 1 saturated heterocycles. The molecule has 1 aliphatic rings. The lowest BCUT2D eigenvalue weighted by Gasteiger charge is -2.32. The number of aliphatic carboxylic acids is 1. The SMILES string of the molecule is CC(C)Oc1ccc(-c2nc(C(=O)N3CCCC[C@H]3C(=O)O)cs2)cc1. The number of amides is 1. The summed E-state index contributed by atoms with van der Waals surface area (Å²) in [5.74, 6) is -0.470. The lowest BCUT2D eigenvalue weighted by atomic mass is 10.0. The van der Waals surface area contributed by atoms with Crippen molar-refractivity contribution in [3.05, 3.63) is 35.3 Å². The van der Waals surface area contributed by atoms with E-state index < -0.39 is 12.0 Å². The van der Waals surface area contributed by atoms with Gasteiger partial charge in [0.25, 0.3) is 5.91 Å². The van der Waals surface area contributed by atoms with E-state index in [0.29, 0.717) is 18.7 Å². The van der Waals surface area contributed by atoms with Gasteiger partial charge in [0.1, 0.15) is 22.5 Å². The van der Waals surface area contributed by atoms with Crippen LogP contribution in [0.1, 0.15) is 43.6 Å². The van der Waals surface area contributed by atoms with E-state index in [0.717, 1.165) is 29.2 Å². The van der Waals surface area contributed by atoms with Crippen LogP contribution in [0, 0.1) is 0 Å². The first-order valence-electron chi connectivity index (χ1n) is 8.72. The second-order valence-electron chi connectivity index (χ2n) is 6.58. The number of nitrogens with zero attached hydrogens (tertiary/aromatic N) is 2. The number of carboxylic acid groups (broad SMARTS) is 1. The van der Waals surface area contributed by atoms with Crippen molar-refractivity contribution in [3.8, 4) is 16.3 Å². The first kappa shape index (κ1) is 18.4. The molecule has 2 aromatic rings. The summed E-state index contributed by atoms with van der Waals surface area (Å²) in [4.78, 5) is 30.0. The maximum Gasteiger partial charge on any atom is 0.326 e. The Morgan fingerprint density at radius 3 is 2.65 bits per heavy atom. The van der Waals surface area contributed by atoms with Crippen molar-refractivity contribution >= 4 is 23.2 Å². The van der Waals surface area contributed by atoms with Crippen LogP contribution in [-0.4, -0.2) is 45.6 Å². The van der Waals surface area contributed by atoms with Crippen molar-refractivity contribution in [1.29, 1.82) is 0 Å². The number of hydrogen-bond donors (Lipinski definition) is 1. The first-order chi connectivity index (χ1) is 12.5. The van der Waals surface area contributed by atoms with E-state index in [9.17, 15) is 14.7 Å². The predicted octanol–water partition coefficient (Wildman–Crippen LogP) is 3.68. The standard InChI is InChI=1S/C19H22N2O4S/c1-12(2)25-14-8-6-13(7-9-14)17-20-15(11-26-17)18(22)21-10-4-3-5-16(21)19(23)24/h6-9,11-12,16H,3-5,10H2,1-2H3,(H,23,24)/t16-/m0/s1. The van der Waals surface area contributed by atoms with Gasteiger partial charge in [-0.3, -0.25) is 4.79 Å². The smallest absolute Gasteiger partial charge is 0.326 e. The summed E-state index contributed by atoms with van der Waals surface area (Å²) in [7, 11) is 0. The number of carboxylic acids is 1. The Hall–Kier alpha value is -2.41. The Labute approximate surface area is 156 Å². The molecule has 3 rings (SSSR count). The summed E-state index contributed by atoms with van der Waals surface area (Å²) >= 11 is 1.38. The maximum atomic E-state index is 12.7. The van der Waals surface area contributed by atoms with E-state index in [1.54, 1.807) is 5.38 Å². The summed E-state index contributed by atoms with van der Waals surface area (Å²) in [5, 5.41) is 11.8. The summed E-state index contributed by atoms with van der Waals surface area (Å²) in [6.07, 6.45) is 2.25. The van der Waals surface area contributed by atoms with Crippen molar-refractivity contribution in [1.82, 2.24) is 9.88 Å². The highest BCUT2D eigenvalue weighted by atomic mass is 32.1. The zero-order valence-corrected chi connectivity index (χ0v) is 15.7. The Morgan fingerprint density at radius 1 is 1.27 bits per heavy atom. The maximum absolute atomic E-state index is 12.7. The molecule has 0 spiro atoms. The van der Waals surface area contributed by atoms with Crippen LogP contribution >= 0.6 is 11.3 Å². The summed E-state index contributed by atoms with van der Waals surface area (Å²) in [6, 6.07) is 6.82. The number of ether oxygens (including phenoxy) is 1. The molecule has 0 radical (unpaired) electrons. The van der Waals surface area contributed by atoms with E-state index in [1.165, 1.54) is 16.2 Å². The molecule has 0 unspecified atom stereocenters. The highest BCUT2D eigenvalue weighted by Gasteiger charge is 2.33. The molecule has 0 aliphatic carbocycles. The van der Waals surface area contributed by atoms with E-state index in [1.807, 2.05) is 38.1 Å². The minimum atomic E-state index is -0.950. The molecule has 2 heterocycles. The van der Waals surface area contributed by atoms with Crippen LogP contribution in [0.5, 0.6) is 5.75 Å². The molecule has 1 atom stereocenters. The summed E-state index contributed by atoms with van der Waals surface area (Å²) in [5.41, 5.74) is 1.21.